The summed E-state index contributed by atoms with van der Waals surface area (Å²) in [4.78, 5) is 15.8. The third-order valence-electron chi connectivity index (χ3n) is 5.07. The molecule has 0 bridgehead atoms. The van der Waals surface area contributed by atoms with Crippen molar-refractivity contribution in [3.63, 3.8) is 0 Å². The number of nitrogens with one attached hydrogen (secondary N) is 1. The van der Waals surface area contributed by atoms with Gasteiger partial charge in [0, 0.05) is 24.2 Å². The smallest absolute Gasteiger partial charge is 0.263 e. The minimum atomic E-state index is -3.96. The van der Waals surface area contributed by atoms with Crippen LogP contribution in [0.25, 0.3) is 11.7 Å². The lowest BCUT2D eigenvalue weighted by atomic mass is 10.2. The van der Waals surface area contributed by atoms with E-state index in [1.165, 1.54) is 29.6 Å². The van der Waals surface area contributed by atoms with Crippen LogP contribution in [0.4, 0.5) is 5.69 Å². The Balaban J connectivity index is 1.69. The molecule has 1 N–H and O–H groups in total. The molecule has 2 aromatic carbocycles. The molecule has 0 fully saturated rings. The maximum absolute atomic E-state index is 13.7. The molecule has 0 atom stereocenters. The van der Waals surface area contributed by atoms with Crippen LogP contribution < -0.4 is 5.32 Å². The summed E-state index contributed by atoms with van der Waals surface area (Å²) >= 11 is 6.33. The molecule has 0 radical (unpaired) electrons. The van der Waals surface area contributed by atoms with Crippen LogP contribution in [0.1, 0.15) is 23.9 Å². The number of furan rings is 1. The molecule has 0 aliphatic carbocycles. The number of carbonyl (C=O) groups is 1. The Hall–Kier alpha value is -3.40. The Morgan fingerprint density at radius 3 is 2.44 bits per heavy atom. The molecule has 2 heterocycles. The van der Waals surface area contributed by atoms with E-state index >= 15 is 0 Å². The maximum Gasteiger partial charge on any atom is 0.263 e. The number of carbonyl (C=O) groups excluding carboxylic acids is 1. The molecule has 8 nitrogen and oxygen atoms in total. The largest absolute Gasteiger partial charge is 0.459 e. The summed E-state index contributed by atoms with van der Waals surface area (Å²) in [7, 11) is -3.96. The Morgan fingerprint density at radius 2 is 1.79 bits per heavy atom. The molecule has 10 heteroatoms. The predicted octanol–water partition coefficient (Wildman–Crippen LogP) is 5.25. The first kappa shape index (κ1) is 23.7. The van der Waals surface area contributed by atoms with Gasteiger partial charge in [0.1, 0.15) is 5.76 Å². The van der Waals surface area contributed by atoms with Crippen LogP contribution in [-0.4, -0.2) is 23.6 Å². The lowest BCUT2D eigenvalue weighted by Gasteiger charge is -2.22. The van der Waals surface area contributed by atoms with E-state index in [1.807, 2.05) is 0 Å². The minimum absolute atomic E-state index is 0.0256. The normalized spacial score (nSPS) is 11.6. The van der Waals surface area contributed by atoms with Gasteiger partial charge in [-0.05, 0) is 55.0 Å². The Labute approximate surface area is 202 Å². The maximum atomic E-state index is 13.7. The molecule has 2 aromatic heterocycles. The van der Waals surface area contributed by atoms with Gasteiger partial charge in [-0.1, -0.05) is 29.8 Å². The Kier molecular flexibility index (Phi) is 6.87. The minimum Gasteiger partial charge on any atom is -0.459 e. The second-order valence-electron chi connectivity index (χ2n) is 7.57. The molecule has 1 amide bonds. The van der Waals surface area contributed by atoms with Crippen molar-refractivity contribution in [2.45, 2.75) is 31.8 Å². The predicted molar refractivity (Wildman–Crippen MR) is 128 cm³/mol. The fourth-order valence-corrected chi connectivity index (χ4v) is 4.93. The number of hydrogen-bond acceptors (Lipinski definition) is 6. The highest BCUT2D eigenvalue weighted by Gasteiger charge is 2.28. The van der Waals surface area contributed by atoms with Gasteiger partial charge in [-0.3, -0.25) is 4.79 Å². The second kappa shape index (κ2) is 9.84. The van der Waals surface area contributed by atoms with Crippen LogP contribution in [0.3, 0.4) is 0 Å². The SMILES string of the molecule is CC(=O)Nc1ccc(S(=O)(=O)N(Cc2ccccc2Cl)Cc2nc(-c3ccco3)oc2C)cc1. The first-order valence-corrected chi connectivity index (χ1v) is 12.2. The van der Waals surface area contributed by atoms with E-state index in [0.717, 1.165) is 0 Å². The summed E-state index contributed by atoms with van der Waals surface area (Å²) < 4.78 is 39.6. The highest BCUT2D eigenvalue weighted by molar-refractivity contribution is 7.89. The van der Waals surface area contributed by atoms with Crippen LogP contribution in [0, 0.1) is 6.92 Å². The summed E-state index contributed by atoms with van der Waals surface area (Å²) in [5.41, 5.74) is 1.60. The van der Waals surface area contributed by atoms with Gasteiger partial charge in [0.25, 0.3) is 5.89 Å². The number of benzene rings is 2. The number of nitrogens with zero attached hydrogens (tertiary/aromatic N) is 2. The summed E-state index contributed by atoms with van der Waals surface area (Å²) in [5, 5.41) is 3.08. The van der Waals surface area contributed by atoms with Crippen molar-refractivity contribution >= 4 is 33.2 Å². The van der Waals surface area contributed by atoms with E-state index < -0.39 is 10.0 Å². The number of amides is 1. The monoisotopic (exact) mass is 499 g/mol. The van der Waals surface area contributed by atoms with E-state index in [1.54, 1.807) is 55.5 Å². The number of aromatic nitrogens is 1. The first-order valence-electron chi connectivity index (χ1n) is 10.4. The molecule has 4 aromatic rings. The molecule has 4 rings (SSSR count). The summed E-state index contributed by atoms with van der Waals surface area (Å²) in [5.74, 6) is 0.951. The summed E-state index contributed by atoms with van der Waals surface area (Å²) in [6.45, 7) is 3.08. The van der Waals surface area contributed by atoms with Gasteiger partial charge < -0.3 is 14.2 Å². The summed E-state index contributed by atoms with van der Waals surface area (Å²) in [6, 6.07) is 16.5. The number of hydrogen-bond donors (Lipinski definition) is 1. The molecule has 0 aliphatic rings. The third kappa shape index (κ3) is 5.22. The van der Waals surface area contributed by atoms with Crippen LogP contribution >= 0.6 is 11.6 Å². The molecule has 34 heavy (non-hydrogen) atoms. The number of rotatable bonds is 8. The third-order valence-corrected chi connectivity index (χ3v) is 7.24. The van der Waals surface area contributed by atoms with E-state index in [2.05, 4.69) is 10.3 Å². The van der Waals surface area contributed by atoms with Crippen molar-refractivity contribution in [1.82, 2.24) is 9.29 Å². The van der Waals surface area contributed by atoms with E-state index in [9.17, 15) is 13.2 Å². The molecule has 176 valence electrons. The van der Waals surface area contributed by atoms with Crippen molar-refractivity contribution in [1.29, 1.82) is 0 Å². The highest BCUT2D eigenvalue weighted by atomic mass is 35.5. The molecule has 0 saturated heterocycles. The van der Waals surface area contributed by atoms with Gasteiger partial charge in [-0.15, -0.1) is 0 Å². The molecule has 0 unspecified atom stereocenters. The zero-order chi connectivity index (χ0) is 24.3. The second-order valence-corrected chi connectivity index (χ2v) is 9.91. The van der Waals surface area contributed by atoms with Gasteiger partial charge >= 0.3 is 0 Å². The lowest BCUT2D eigenvalue weighted by molar-refractivity contribution is -0.114. The fourth-order valence-electron chi connectivity index (χ4n) is 3.35. The standard InChI is InChI=1S/C24H22ClN3O5S/c1-16-22(27-24(33-16)23-8-5-13-32-23)15-28(14-18-6-3-4-7-21(18)25)34(30,31)20-11-9-19(10-12-20)26-17(2)29/h3-13H,14-15H2,1-2H3,(H,26,29). The molecule has 0 saturated carbocycles. The Bertz CT molecular complexity index is 1400. The quantitative estimate of drug-likeness (QED) is 0.355. The number of anilines is 1. The fraction of sp³-hybridized carbons (Fsp3) is 0.167. The van der Waals surface area contributed by atoms with Crippen molar-refractivity contribution in [2.24, 2.45) is 0 Å². The van der Waals surface area contributed by atoms with Crippen molar-refractivity contribution in [3.8, 4) is 11.7 Å². The number of aryl methyl sites for hydroxylation is 1. The van der Waals surface area contributed by atoms with E-state index in [-0.39, 0.29) is 29.8 Å². The van der Waals surface area contributed by atoms with Crippen LogP contribution in [0.5, 0.6) is 0 Å². The summed E-state index contributed by atoms with van der Waals surface area (Å²) in [6.07, 6.45) is 1.51. The van der Waals surface area contributed by atoms with Gasteiger partial charge in [0.15, 0.2) is 5.76 Å². The number of halogens is 1. The molecule has 0 spiro atoms. The number of sulfonamides is 1. The van der Waals surface area contributed by atoms with E-state index in [0.29, 0.717) is 33.5 Å². The zero-order valence-corrected chi connectivity index (χ0v) is 20.1. The van der Waals surface area contributed by atoms with Crippen molar-refractivity contribution < 1.29 is 22.0 Å². The Morgan fingerprint density at radius 1 is 1.06 bits per heavy atom. The zero-order valence-electron chi connectivity index (χ0n) is 18.5. The van der Waals surface area contributed by atoms with Gasteiger partial charge in [-0.25, -0.2) is 13.4 Å². The van der Waals surface area contributed by atoms with Crippen LogP contribution in [-0.2, 0) is 27.9 Å². The van der Waals surface area contributed by atoms with Crippen molar-refractivity contribution in [3.05, 3.63) is 89.0 Å². The van der Waals surface area contributed by atoms with Gasteiger partial charge in [0.05, 0.1) is 23.4 Å². The van der Waals surface area contributed by atoms with Gasteiger partial charge in [0.2, 0.25) is 15.9 Å². The van der Waals surface area contributed by atoms with Crippen LogP contribution in [0.15, 0.2) is 80.7 Å². The topological polar surface area (TPSA) is 106 Å². The van der Waals surface area contributed by atoms with Gasteiger partial charge in [-0.2, -0.15) is 4.31 Å². The van der Waals surface area contributed by atoms with Crippen LogP contribution in [0.2, 0.25) is 5.02 Å². The first-order chi connectivity index (χ1) is 16.2. The molecule has 0 aliphatic heterocycles. The number of oxazole rings is 1. The van der Waals surface area contributed by atoms with E-state index in [4.69, 9.17) is 20.4 Å². The highest BCUT2D eigenvalue weighted by Crippen LogP contribution is 2.28. The lowest BCUT2D eigenvalue weighted by Crippen LogP contribution is -2.30. The average Bonchev–Trinajstić information content (AvgIpc) is 3.45. The molecular weight excluding hydrogens is 478 g/mol. The van der Waals surface area contributed by atoms with Crippen molar-refractivity contribution in [2.75, 3.05) is 5.32 Å². The molecular formula is C24H22ClN3O5S. The average molecular weight is 500 g/mol.